The smallest absolute Gasteiger partial charge is 0.191 e. The fraction of sp³-hybridized carbons (Fsp3) is 0.933. The normalized spacial score (nSPS) is 23.8. The van der Waals surface area contributed by atoms with Crippen LogP contribution in [0.25, 0.3) is 0 Å². The number of hydrogen-bond acceptors (Lipinski definition) is 2. The van der Waals surface area contributed by atoms with Crippen LogP contribution in [0.4, 0.5) is 0 Å². The van der Waals surface area contributed by atoms with Crippen LogP contribution in [0.5, 0.6) is 0 Å². The van der Waals surface area contributed by atoms with E-state index in [1.807, 2.05) is 0 Å². The molecule has 1 fully saturated rings. The van der Waals surface area contributed by atoms with Gasteiger partial charge in [0.25, 0.3) is 0 Å². The Morgan fingerprint density at radius 2 is 2.00 bits per heavy atom. The predicted octanol–water partition coefficient (Wildman–Crippen LogP) is 2.69. The number of aliphatic imine (C=N–C) groups is 1. The summed E-state index contributed by atoms with van der Waals surface area (Å²) < 4.78 is 0. The monoisotopic (exact) mass is 396 g/mol. The zero-order chi connectivity index (χ0) is 14.3. The number of guanidine groups is 1. The molecule has 0 aromatic heterocycles. The zero-order valence-corrected chi connectivity index (χ0v) is 16.1. The summed E-state index contributed by atoms with van der Waals surface area (Å²) in [4.78, 5) is 7.19. The molecule has 20 heavy (non-hydrogen) atoms. The zero-order valence-electron chi connectivity index (χ0n) is 13.8. The molecular weight excluding hydrogens is 363 g/mol. The second kappa shape index (κ2) is 10.7. The fourth-order valence-electron chi connectivity index (χ4n) is 2.46. The Kier molecular flexibility index (Phi) is 10.6. The summed E-state index contributed by atoms with van der Waals surface area (Å²) in [5.74, 6) is 1.66. The maximum Gasteiger partial charge on any atom is 0.191 e. The highest BCUT2D eigenvalue weighted by molar-refractivity contribution is 14.0. The SMILES string of the molecule is CCCCN=C(NCC)NC1CN(C(C)C)CC1C.I. The van der Waals surface area contributed by atoms with E-state index < -0.39 is 0 Å². The third-order valence-electron chi connectivity index (χ3n) is 3.82. The van der Waals surface area contributed by atoms with Gasteiger partial charge in [-0.2, -0.15) is 0 Å². The van der Waals surface area contributed by atoms with E-state index in [1.165, 1.54) is 13.0 Å². The lowest BCUT2D eigenvalue weighted by Gasteiger charge is -2.21. The molecule has 1 heterocycles. The molecule has 0 bridgehead atoms. The van der Waals surface area contributed by atoms with Crippen molar-refractivity contribution in [2.75, 3.05) is 26.2 Å². The average molecular weight is 396 g/mol. The standard InChI is InChI=1S/C15H32N4.HI/c1-6-8-9-17-15(16-7-2)18-14-11-19(12(3)4)10-13(14)5;/h12-14H,6-11H2,1-5H3,(H2,16,17,18);1H. The van der Waals surface area contributed by atoms with Gasteiger partial charge in [-0.15, -0.1) is 24.0 Å². The van der Waals surface area contributed by atoms with Crippen LogP contribution >= 0.6 is 24.0 Å². The van der Waals surface area contributed by atoms with Gasteiger partial charge in [-0.25, -0.2) is 0 Å². The largest absolute Gasteiger partial charge is 0.357 e. The molecule has 0 aliphatic carbocycles. The molecule has 1 aliphatic heterocycles. The van der Waals surface area contributed by atoms with Crippen LogP contribution < -0.4 is 10.6 Å². The van der Waals surface area contributed by atoms with E-state index in [4.69, 9.17) is 0 Å². The van der Waals surface area contributed by atoms with E-state index in [0.29, 0.717) is 18.0 Å². The Labute approximate surface area is 142 Å². The van der Waals surface area contributed by atoms with Gasteiger partial charge in [0.2, 0.25) is 0 Å². The van der Waals surface area contributed by atoms with Gasteiger partial charge in [-0.1, -0.05) is 20.3 Å². The summed E-state index contributed by atoms with van der Waals surface area (Å²) in [5.41, 5.74) is 0. The molecule has 1 aliphatic rings. The van der Waals surface area contributed by atoms with Crippen molar-refractivity contribution in [2.24, 2.45) is 10.9 Å². The molecule has 1 saturated heterocycles. The predicted molar refractivity (Wildman–Crippen MR) is 99.1 cm³/mol. The van der Waals surface area contributed by atoms with E-state index in [9.17, 15) is 0 Å². The van der Waals surface area contributed by atoms with Crippen LogP contribution in [-0.4, -0.2) is 49.1 Å². The molecule has 0 aromatic carbocycles. The van der Waals surface area contributed by atoms with E-state index in [-0.39, 0.29) is 24.0 Å². The summed E-state index contributed by atoms with van der Waals surface area (Å²) in [5, 5.41) is 6.96. The van der Waals surface area contributed by atoms with E-state index >= 15 is 0 Å². The van der Waals surface area contributed by atoms with Gasteiger partial charge < -0.3 is 10.6 Å². The lowest BCUT2D eigenvalue weighted by atomic mass is 10.1. The number of rotatable bonds is 6. The molecule has 2 unspecified atom stereocenters. The number of nitrogens with zero attached hydrogens (tertiary/aromatic N) is 2. The summed E-state index contributed by atoms with van der Waals surface area (Å²) in [6, 6.07) is 1.15. The highest BCUT2D eigenvalue weighted by Crippen LogP contribution is 2.18. The number of hydrogen-bond donors (Lipinski definition) is 2. The van der Waals surface area contributed by atoms with Crippen molar-refractivity contribution in [1.82, 2.24) is 15.5 Å². The van der Waals surface area contributed by atoms with Crippen LogP contribution in [0.2, 0.25) is 0 Å². The van der Waals surface area contributed by atoms with Gasteiger partial charge in [-0.3, -0.25) is 9.89 Å². The third kappa shape index (κ3) is 6.61. The molecule has 2 N–H and O–H groups in total. The Balaban J connectivity index is 0.00000361. The van der Waals surface area contributed by atoms with Crippen molar-refractivity contribution < 1.29 is 0 Å². The maximum atomic E-state index is 4.65. The Bertz CT molecular complexity index is 281. The summed E-state index contributed by atoms with van der Waals surface area (Å²) >= 11 is 0. The minimum atomic E-state index is 0. The van der Waals surface area contributed by atoms with E-state index in [1.54, 1.807) is 0 Å². The highest BCUT2D eigenvalue weighted by Gasteiger charge is 2.31. The molecule has 0 radical (unpaired) electrons. The first-order valence-electron chi connectivity index (χ1n) is 7.87. The Hall–Kier alpha value is -0.0400. The Morgan fingerprint density at radius 3 is 2.50 bits per heavy atom. The molecule has 0 spiro atoms. The lowest BCUT2D eigenvalue weighted by Crippen LogP contribution is -2.46. The highest BCUT2D eigenvalue weighted by atomic mass is 127. The Morgan fingerprint density at radius 1 is 1.30 bits per heavy atom. The lowest BCUT2D eigenvalue weighted by molar-refractivity contribution is 0.265. The molecular formula is C15H33IN4. The van der Waals surface area contributed by atoms with Crippen molar-refractivity contribution in [3.63, 3.8) is 0 Å². The minimum absolute atomic E-state index is 0. The van der Waals surface area contributed by atoms with Gasteiger partial charge in [-0.05, 0) is 33.1 Å². The molecule has 2 atom stereocenters. The van der Waals surface area contributed by atoms with Gasteiger partial charge in [0.15, 0.2) is 5.96 Å². The number of unbranched alkanes of at least 4 members (excludes halogenated alkanes) is 1. The van der Waals surface area contributed by atoms with Gasteiger partial charge >= 0.3 is 0 Å². The van der Waals surface area contributed by atoms with Gasteiger partial charge in [0.05, 0.1) is 0 Å². The molecule has 120 valence electrons. The first kappa shape index (κ1) is 20.0. The minimum Gasteiger partial charge on any atom is -0.357 e. The summed E-state index contributed by atoms with van der Waals surface area (Å²) in [7, 11) is 0. The van der Waals surface area contributed by atoms with Crippen LogP contribution in [0.15, 0.2) is 4.99 Å². The van der Waals surface area contributed by atoms with E-state index in [0.717, 1.165) is 32.0 Å². The molecule has 0 saturated carbocycles. The number of nitrogens with one attached hydrogen (secondary N) is 2. The molecule has 0 amide bonds. The van der Waals surface area contributed by atoms with Crippen LogP contribution in [0.1, 0.15) is 47.5 Å². The van der Waals surface area contributed by atoms with Crippen molar-refractivity contribution in [2.45, 2.75) is 59.5 Å². The molecule has 1 rings (SSSR count). The van der Waals surface area contributed by atoms with Gasteiger partial charge in [0.1, 0.15) is 0 Å². The maximum absolute atomic E-state index is 4.65. The van der Waals surface area contributed by atoms with Crippen LogP contribution in [0.3, 0.4) is 0 Å². The van der Waals surface area contributed by atoms with Crippen LogP contribution in [0, 0.1) is 5.92 Å². The first-order chi connectivity index (χ1) is 9.08. The van der Waals surface area contributed by atoms with Crippen molar-refractivity contribution in [3.8, 4) is 0 Å². The topological polar surface area (TPSA) is 39.7 Å². The molecule has 5 heteroatoms. The second-order valence-corrected chi connectivity index (χ2v) is 5.89. The fourth-order valence-corrected chi connectivity index (χ4v) is 2.46. The summed E-state index contributed by atoms with van der Waals surface area (Å²) in [6.45, 7) is 15.3. The third-order valence-corrected chi connectivity index (χ3v) is 3.82. The molecule has 4 nitrogen and oxygen atoms in total. The van der Waals surface area contributed by atoms with Gasteiger partial charge in [0, 0.05) is 38.3 Å². The number of halogens is 1. The van der Waals surface area contributed by atoms with Crippen LogP contribution in [-0.2, 0) is 0 Å². The number of likely N-dealkylation sites (tertiary alicyclic amines) is 1. The summed E-state index contributed by atoms with van der Waals surface area (Å²) in [6.07, 6.45) is 2.36. The second-order valence-electron chi connectivity index (χ2n) is 5.89. The molecule has 0 aromatic rings. The van der Waals surface area contributed by atoms with Crippen molar-refractivity contribution in [1.29, 1.82) is 0 Å². The first-order valence-corrected chi connectivity index (χ1v) is 7.87. The van der Waals surface area contributed by atoms with Crippen molar-refractivity contribution >= 4 is 29.9 Å². The van der Waals surface area contributed by atoms with Crippen molar-refractivity contribution in [3.05, 3.63) is 0 Å². The van der Waals surface area contributed by atoms with E-state index in [2.05, 4.69) is 55.1 Å². The average Bonchev–Trinajstić information content (AvgIpc) is 2.72. The quantitative estimate of drug-likeness (QED) is 0.314.